The predicted octanol–water partition coefficient (Wildman–Crippen LogP) is 2.55. The van der Waals surface area contributed by atoms with Gasteiger partial charge < -0.3 is 10.6 Å². The third-order valence-electron chi connectivity index (χ3n) is 2.74. The number of thiazole rings is 1. The number of guanidine groups is 1. The van der Waals surface area contributed by atoms with E-state index in [9.17, 15) is 0 Å². The van der Waals surface area contributed by atoms with Crippen molar-refractivity contribution in [2.75, 3.05) is 13.6 Å². The van der Waals surface area contributed by atoms with Crippen LogP contribution >= 0.6 is 11.3 Å². The van der Waals surface area contributed by atoms with Crippen LogP contribution < -0.4 is 10.6 Å². The van der Waals surface area contributed by atoms with Crippen molar-refractivity contribution in [1.29, 1.82) is 0 Å². The number of aliphatic imine (C=N–C) groups is 1. The van der Waals surface area contributed by atoms with Crippen molar-refractivity contribution >= 4 is 17.3 Å². The lowest BCUT2D eigenvalue weighted by atomic mass is 10.1. The summed E-state index contributed by atoms with van der Waals surface area (Å²) in [6.07, 6.45) is 2.43. The molecule has 0 aliphatic heterocycles. The normalized spacial score (nSPS) is 11.9. The molecule has 0 bridgehead atoms. The van der Waals surface area contributed by atoms with Crippen LogP contribution in [0.5, 0.6) is 0 Å². The molecule has 0 aliphatic carbocycles. The molecular formula is C13H24N4S. The zero-order chi connectivity index (χ0) is 13.4. The molecule has 5 heteroatoms. The van der Waals surface area contributed by atoms with Gasteiger partial charge in [0.05, 0.1) is 17.7 Å². The Labute approximate surface area is 114 Å². The summed E-state index contributed by atoms with van der Waals surface area (Å²) >= 11 is 1.68. The number of nitrogens with one attached hydrogen (secondary N) is 2. The highest BCUT2D eigenvalue weighted by Crippen LogP contribution is 2.10. The number of hydrogen-bond acceptors (Lipinski definition) is 3. The number of hydrogen-bond donors (Lipinski definition) is 2. The molecule has 1 rings (SSSR count). The van der Waals surface area contributed by atoms with Crippen LogP contribution in [0.1, 0.15) is 37.3 Å². The minimum absolute atomic E-state index is 0.765. The van der Waals surface area contributed by atoms with Crippen molar-refractivity contribution < 1.29 is 0 Å². The highest BCUT2D eigenvalue weighted by atomic mass is 32.1. The zero-order valence-electron chi connectivity index (χ0n) is 11.8. The Balaban J connectivity index is 2.24. The molecule has 0 fully saturated rings. The lowest BCUT2D eigenvalue weighted by Crippen LogP contribution is -2.37. The molecule has 0 aromatic carbocycles. The van der Waals surface area contributed by atoms with E-state index >= 15 is 0 Å². The highest BCUT2D eigenvalue weighted by molar-refractivity contribution is 7.09. The minimum Gasteiger partial charge on any atom is -0.356 e. The lowest BCUT2D eigenvalue weighted by Gasteiger charge is -2.12. The van der Waals surface area contributed by atoms with E-state index in [2.05, 4.69) is 34.5 Å². The van der Waals surface area contributed by atoms with E-state index in [1.54, 1.807) is 18.4 Å². The van der Waals surface area contributed by atoms with Crippen molar-refractivity contribution in [2.45, 2.75) is 40.2 Å². The molecule has 0 saturated carbocycles. The van der Waals surface area contributed by atoms with Crippen molar-refractivity contribution in [1.82, 2.24) is 15.6 Å². The standard InChI is InChI=1S/C13H24N4S/c1-10(2)6-5-7-15-13(14-4)16-8-12-11(3)17-9-18-12/h9-10H,5-8H2,1-4H3,(H2,14,15,16). The van der Waals surface area contributed by atoms with Crippen LogP contribution in [0.25, 0.3) is 0 Å². The monoisotopic (exact) mass is 268 g/mol. The molecule has 0 spiro atoms. The molecule has 0 saturated heterocycles. The van der Waals surface area contributed by atoms with E-state index in [0.717, 1.165) is 30.7 Å². The zero-order valence-corrected chi connectivity index (χ0v) is 12.6. The van der Waals surface area contributed by atoms with E-state index in [1.165, 1.54) is 17.7 Å². The summed E-state index contributed by atoms with van der Waals surface area (Å²) in [4.78, 5) is 9.71. The molecule has 0 unspecified atom stereocenters. The summed E-state index contributed by atoms with van der Waals surface area (Å²) < 4.78 is 0. The maximum Gasteiger partial charge on any atom is 0.191 e. The summed E-state index contributed by atoms with van der Waals surface area (Å²) in [7, 11) is 1.80. The second-order valence-electron chi connectivity index (χ2n) is 4.75. The molecule has 102 valence electrons. The number of aryl methyl sites for hydroxylation is 1. The van der Waals surface area contributed by atoms with Gasteiger partial charge in [-0.25, -0.2) is 4.98 Å². The highest BCUT2D eigenvalue weighted by Gasteiger charge is 2.03. The molecule has 0 amide bonds. The molecule has 1 heterocycles. The Bertz CT molecular complexity index is 371. The molecule has 18 heavy (non-hydrogen) atoms. The van der Waals surface area contributed by atoms with Crippen LogP contribution in [0, 0.1) is 12.8 Å². The van der Waals surface area contributed by atoms with Gasteiger partial charge in [-0.2, -0.15) is 0 Å². The lowest BCUT2D eigenvalue weighted by molar-refractivity contribution is 0.549. The van der Waals surface area contributed by atoms with E-state index < -0.39 is 0 Å². The third kappa shape index (κ3) is 5.49. The molecular weight excluding hydrogens is 244 g/mol. The topological polar surface area (TPSA) is 49.3 Å². The Morgan fingerprint density at radius 1 is 1.44 bits per heavy atom. The Hall–Kier alpha value is -1.10. The summed E-state index contributed by atoms with van der Waals surface area (Å²) in [5, 5.41) is 6.64. The largest absolute Gasteiger partial charge is 0.356 e. The summed E-state index contributed by atoms with van der Waals surface area (Å²) in [5.41, 5.74) is 2.98. The van der Waals surface area contributed by atoms with E-state index in [0.29, 0.717) is 0 Å². The van der Waals surface area contributed by atoms with Gasteiger partial charge in [0.2, 0.25) is 0 Å². The summed E-state index contributed by atoms with van der Waals surface area (Å²) in [6.45, 7) is 8.30. The van der Waals surface area contributed by atoms with Crippen molar-refractivity contribution in [3.63, 3.8) is 0 Å². The van der Waals surface area contributed by atoms with E-state index in [1.807, 2.05) is 12.4 Å². The van der Waals surface area contributed by atoms with Gasteiger partial charge in [-0.05, 0) is 25.7 Å². The molecule has 1 aromatic heterocycles. The second-order valence-corrected chi connectivity index (χ2v) is 5.69. The van der Waals surface area contributed by atoms with E-state index in [4.69, 9.17) is 0 Å². The van der Waals surface area contributed by atoms with Gasteiger partial charge in [0, 0.05) is 18.5 Å². The van der Waals surface area contributed by atoms with Gasteiger partial charge in [-0.1, -0.05) is 13.8 Å². The maximum absolute atomic E-state index is 4.23. The van der Waals surface area contributed by atoms with Crippen LogP contribution in [0.4, 0.5) is 0 Å². The fourth-order valence-corrected chi connectivity index (χ4v) is 2.31. The van der Waals surface area contributed by atoms with Crippen LogP contribution in [0.3, 0.4) is 0 Å². The van der Waals surface area contributed by atoms with Gasteiger partial charge in [-0.3, -0.25) is 4.99 Å². The fourth-order valence-electron chi connectivity index (χ4n) is 1.60. The smallest absolute Gasteiger partial charge is 0.191 e. The fraction of sp³-hybridized carbons (Fsp3) is 0.692. The van der Waals surface area contributed by atoms with Crippen molar-refractivity contribution in [3.8, 4) is 0 Å². The maximum atomic E-state index is 4.23. The second kappa shape index (κ2) is 8.08. The molecule has 1 aromatic rings. The van der Waals surface area contributed by atoms with Crippen LogP contribution in [-0.4, -0.2) is 24.5 Å². The SMILES string of the molecule is CN=C(NCCCC(C)C)NCc1scnc1C. The molecule has 2 N–H and O–H groups in total. The van der Waals surface area contributed by atoms with Crippen molar-refractivity contribution in [3.05, 3.63) is 16.1 Å². The first kappa shape index (κ1) is 15.0. The number of rotatable bonds is 6. The number of aromatic nitrogens is 1. The summed E-state index contributed by atoms with van der Waals surface area (Å²) in [6, 6.07) is 0. The van der Waals surface area contributed by atoms with Gasteiger partial charge in [0.15, 0.2) is 5.96 Å². The van der Waals surface area contributed by atoms with Gasteiger partial charge in [-0.15, -0.1) is 11.3 Å². The molecule has 0 radical (unpaired) electrons. The Morgan fingerprint density at radius 2 is 2.22 bits per heavy atom. The first-order valence-electron chi connectivity index (χ1n) is 6.47. The van der Waals surface area contributed by atoms with Gasteiger partial charge >= 0.3 is 0 Å². The van der Waals surface area contributed by atoms with Gasteiger partial charge in [0.1, 0.15) is 0 Å². The van der Waals surface area contributed by atoms with Gasteiger partial charge in [0.25, 0.3) is 0 Å². The summed E-state index contributed by atoms with van der Waals surface area (Å²) in [5.74, 6) is 1.63. The quantitative estimate of drug-likeness (QED) is 0.473. The predicted molar refractivity (Wildman–Crippen MR) is 79.1 cm³/mol. The van der Waals surface area contributed by atoms with Crippen molar-refractivity contribution in [2.24, 2.45) is 10.9 Å². The molecule has 4 nitrogen and oxygen atoms in total. The minimum atomic E-state index is 0.765. The first-order valence-corrected chi connectivity index (χ1v) is 7.35. The third-order valence-corrected chi connectivity index (χ3v) is 3.67. The first-order chi connectivity index (χ1) is 8.63. The van der Waals surface area contributed by atoms with Crippen LogP contribution in [0.15, 0.2) is 10.5 Å². The van der Waals surface area contributed by atoms with Crippen LogP contribution in [-0.2, 0) is 6.54 Å². The molecule has 0 aliphatic rings. The average Bonchev–Trinajstić information content (AvgIpc) is 2.74. The Morgan fingerprint density at radius 3 is 2.78 bits per heavy atom. The van der Waals surface area contributed by atoms with Crippen LogP contribution in [0.2, 0.25) is 0 Å². The number of nitrogens with zero attached hydrogens (tertiary/aromatic N) is 2. The molecule has 0 atom stereocenters. The van der Waals surface area contributed by atoms with E-state index in [-0.39, 0.29) is 0 Å². The average molecular weight is 268 g/mol. The Kier molecular flexibility index (Phi) is 6.72.